The lowest BCUT2D eigenvalue weighted by Crippen LogP contribution is -2.52. The second-order valence-corrected chi connectivity index (χ2v) is 6.39. The van der Waals surface area contributed by atoms with Gasteiger partial charge in [-0.05, 0) is 44.0 Å². The van der Waals surface area contributed by atoms with Crippen LogP contribution in [0.15, 0.2) is 42.7 Å². The molecule has 0 spiro atoms. The topological polar surface area (TPSA) is 86.5 Å². The molecule has 0 bridgehead atoms. The molecule has 0 radical (unpaired) electrons. The third-order valence-electron chi connectivity index (χ3n) is 4.75. The van der Waals surface area contributed by atoms with E-state index in [2.05, 4.69) is 10.3 Å². The average molecular weight is 371 g/mol. The molecule has 1 aromatic heterocycles. The molecule has 3 N–H and O–H groups in total. The Balaban J connectivity index is 2.17. The van der Waals surface area contributed by atoms with Crippen molar-refractivity contribution < 1.29 is 14.3 Å². The highest BCUT2D eigenvalue weighted by Crippen LogP contribution is 2.29. The van der Waals surface area contributed by atoms with E-state index in [-0.39, 0.29) is 5.91 Å². The summed E-state index contributed by atoms with van der Waals surface area (Å²) in [5, 5.41) is 3.07. The van der Waals surface area contributed by atoms with Crippen molar-refractivity contribution in [2.45, 2.75) is 45.8 Å². The van der Waals surface area contributed by atoms with Crippen LogP contribution in [0.25, 0.3) is 0 Å². The zero-order valence-electron chi connectivity index (χ0n) is 16.3. The van der Waals surface area contributed by atoms with Crippen LogP contribution in [0, 0.1) is 0 Å². The third-order valence-corrected chi connectivity index (χ3v) is 4.75. The molecule has 2 rings (SSSR count). The molecule has 0 aliphatic rings. The molecule has 1 heterocycles. The number of benzene rings is 1. The molecule has 1 aromatic carbocycles. The lowest BCUT2D eigenvalue weighted by Gasteiger charge is -2.31. The number of aromatic nitrogens is 1. The summed E-state index contributed by atoms with van der Waals surface area (Å²) in [5.74, 6) is 0.970. The van der Waals surface area contributed by atoms with Crippen molar-refractivity contribution >= 4 is 5.91 Å². The minimum absolute atomic E-state index is 0.163. The first-order valence-corrected chi connectivity index (χ1v) is 9.38. The molecule has 0 atom stereocenters. The minimum Gasteiger partial charge on any atom is -0.490 e. The number of nitrogens with one attached hydrogen (secondary N) is 1. The van der Waals surface area contributed by atoms with E-state index in [1.54, 1.807) is 30.6 Å². The van der Waals surface area contributed by atoms with Crippen molar-refractivity contribution in [2.24, 2.45) is 5.73 Å². The number of amides is 1. The van der Waals surface area contributed by atoms with Crippen molar-refractivity contribution in [1.29, 1.82) is 0 Å². The van der Waals surface area contributed by atoms with Gasteiger partial charge in [0.1, 0.15) is 6.61 Å². The number of rotatable bonds is 10. The Hall–Kier alpha value is -2.60. The van der Waals surface area contributed by atoms with Crippen molar-refractivity contribution in [3.8, 4) is 11.5 Å². The first kappa shape index (κ1) is 20.7. The van der Waals surface area contributed by atoms with Gasteiger partial charge in [-0.2, -0.15) is 0 Å². The van der Waals surface area contributed by atoms with Gasteiger partial charge in [-0.25, -0.2) is 0 Å². The smallest absolute Gasteiger partial charge is 0.251 e. The van der Waals surface area contributed by atoms with Crippen LogP contribution in [0.3, 0.4) is 0 Å². The van der Waals surface area contributed by atoms with Gasteiger partial charge in [-0.1, -0.05) is 19.9 Å². The quantitative estimate of drug-likeness (QED) is 0.669. The lowest BCUT2D eigenvalue weighted by molar-refractivity contribution is 0.0894. The van der Waals surface area contributed by atoms with Crippen LogP contribution in [-0.4, -0.2) is 29.6 Å². The molecule has 0 saturated carbocycles. The van der Waals surface area contributed by atoms with Crippen LogP contribution in [-0.2, 0) is 6.61 Å². The Morgan fingerprint density at radius 1 is 1.15 bits per heavy atom. The molecule has 1 amide bonds. The van der Waals surface area contributed by atoms with Gasteiger partial charge in [-0.3, -0.25) is 9.78 Å². The van der Waals surface area contributed by atoms with E-state index in [0.717, 1.165) is 18.4 Å². The number of hydrogen-bond acceptors (Lipinski definition) is 5. The van der Waals surface area contributed by atoms with E-state index in [0.29, 0.717) is 36.8 Å². The first-order valence-electron chi connectivity index (χ1n) is 9.38. The van der Waals surface area contributed by atoms with Crippen LogP contribution in [0.2, 0.25) is 0 Å². The molecule has 0 aliphatic heterocycles. The van der Waals surface area contributed by atoms with Gasteiger partial charge in [0.25, 0.3) is 5.91 Å². The molecule has 146 valence electrons. The summed E-state index contributed by atoms with van der Waals surface area (Å²) >= 11 is 0. The Morgan fingerprint density at radius 3 is 2.52 bits per heavy atom. The number of pyridine rings is 1. The average Bonchev–Trinajstić information content (AvgIpc) is 2.72. The molecule has 2 aromatic rings. The number of nitrogens with two attached hydrogens (primary N) is 1. The van der Waals surface area contributed by atoms with Gasteiger partial charge in [0.05, 0.1) is 12.1 Å². The van der Waals surface area contributed by atoms with E-state index in [1.165, 1.54) is 0 Å². The number of hydrogen-bond donors (Lipinski definition) is 2. The lowest BCUT2D eigenvalue weighted by atomic mass is 9.92. The molecule has 0 saturated heterocycles. The zero-order valence-corrected chi connectivity index (χ0v) is 16.3. The van der Waals surface area contributed by atoms with Crippen molar-refractivity contribution in [2.75, 3.05) is 13.2 Å². The van der Waals surface area contributed by atoms with Crippen molar-refractivity contribution in [3.05, 3.63) is 53.9 Å². The van der Waals surface area contributed by atoms with Crippen LogP contribution in [0.4, 0.5) is 0 Å². The van der Waals surface area contributed by atoms with Gasteiger partial charge < -0.3 is 20.5 Å². The van der Waals surface area contributed by atoms with Gasteiger partial charge in [-0.15, -0.1) is 0 Å². The normalized spacial score (nSPS) is 11.1. The number of ether oxygens (including phenoxy) is 2. The number of carbonyl (C=O) groups excluding carboxylic acids is 1. The third kappa shape index (κ3) is 5.44. The predicted molar refractivity (Wildman–Crippen MR) is 106 cm³/mol. The molecular formula is C21H29N3O3. The predicted octanol–water partition coefficient (Wildman–Crippen LogP) is 3.31. The highest BCUT2D eigenvalue weighted by molar-refractivity contribution is 5.95. The summed E-state index contributed by atoms with van der Waals surface area (Å²) in [4.78, 5) is 16.8. The maximum Gasteiger partial charge on any atom is 0.251 e. The maximum atomic E-state index is 12.7. The summed E-state index contributed by atoms with van der Waals surface area (Å²) in [6.07, 6.45) is 5.02. The second-order valence-electron chi connectivity index (χ2n) is 6.39. The summed E-state index contributed by atoms with van der Waals surface area (Å²) < 4.78 is 11.5. The monoisotopic (exact) mass is 371 g/mol. The van der Waals surface area contributed by atoms with E-state index < -0.39 is 5.54 Å². The van der Waals surface area contributed by atoms with Crippen molar-refractivity contribution in [1.82, 2.24) is 10.3 Å². The Bertz CT molecular complexity index is 722. The van der Waals surface area contributed by atoms with Crippen LogP contribution in [0.1, 0.15) is 49.5 Å². The van der Waals surface area contributed by atoms with Gasteiger partial charge in [0.15, 0.2) is 11.5 Å². The van der Waals surface area contributed by atoms with Crippen LogP contribution >= 0.6 is 0 Å². The van der Waals surface area contributed by atoms with E-state index in [9.17, 15) is 4.79 Å². The number of carbonyl (C=O) groups is 1. The van der Waals surface area contributed by atoms with Crippen LogP contribution < -0.4 is 20.5 Å². The van der Waals surface area contributed by atoms with Gasteiger partial charge in [0.2, 0.25) is 0 Å². The standard InChI is InChI=1S/C21H29N3O3/c1-4-21(5-2,15-22)24-20(25)17-9-10-18(19(12-17)26-6-3)27-14-16-8-7-11-23-13-16/h7-13H,4-6,14-15,22H2,1-3H3,(H,24,25). The highest BCUT2D eigenvalue weighted by atomic mass is 16.5. The fourth-order valence-corrected chi connectivity index (χ4v) is 2.76. The Morgan fingerprint density at radius 2 is 1.93 bits per heavy atom. The largest absolute Gasteiger partial charge is 0.490 e. The fraction of sp³-hybridized carbons (Fsp3) is 0.429. The maximum absolute atomic E-state index is 12.7. The Kier molecular flexibility index (Phi) is 7.61. The zero-order chi connectivity index (χ0) is 19.7. The van der Waals surface area contributed by atoms with E-state index >= 15 is 0 Å². The summed E-state index contributed by atoms with van der Waals surface area (Å²) in [7, 11) is 0. The van der Waals surface area contributed by atoms with Gasteiger partial charge in [0, 0.05) is 30.1 Å². The minimum atomic E-state index is -0.391. The first-order chi connectivity index (χ1) is 13.1. The van der Waals surface area contributed by atoms with Gasteiger partial charge >= 0.3 is 0 Å². The molecule has 27 heavy (non-hydrogen) atoms. The molecule has 6 heteroatoms. The summed E-state index contributed by atoms with van der Waals surface area (Å²) in [6, 6.07) is 9.02. The van der Waals surface area contributed by atoms with E-state index in [1.807, 2.05) is 32.9 Å². The molecular weight excluding hydrogens is 342 g/mol. The molecule has 0 fully saturated rings. The Labute approximate surface area is 161 Å². The molecule has 0 aliphatic carbocycles. The second kappa shape index (κ2) is 9.92. The summed E-state index contributed by atoms with van der Waals surface area (Å²) in [6.45, 7) is 7.20. The highest BCUT2D eigenvalue weighted by Gasteiger charge is 2.27. The number of nitrogens with zero attached hydrogens (tertiary/aromatic N) is 1. The van der Waals surface area contributed by atoms with E-state index in [4.69, 9.17) is 15.2 Å². The van der Waals surface area contributed by atoms with Crippen LogP contribution in [0.5, 0.6) is 11.5 Å². The SMILES string of the molecule is CCOc1cc(C(=O)NC(CC)(CC)CN)ccc1OCc1cccnc1. The fourth-order valence-electron chi connectivity index (χ4n) is 2.76. The summed E-state index contributed by atoms with van der Waals surface area (Å²) in [5.41, 5.74) is 6.98. The van der Waals surface area contributed by atoms with Crippen molar-refractivity contribution in [3.63, 3.8) is 0 Å². The molecule has 6 nitrogen and oxygen atoms in total. The molecule has 0 unspecified atom stereocenters.